The highest BCUT2D eigenvalue weighted by atomic mass is 32.3. The van der Waals surface area contributed by atoms with Crippen molar-refractivity contribution in [2.75, 3.05) is 57.7 Å². The summed E-state index contributed by atoms with van der Waals surface area (Å²) in [5.74, 6) is 0. The standard InChI is InChI=1S/C17H32N3O5S2/c1-25-17(13-20-15-4-3-5-16(20)7-6-15)12-18-8-10-19(11-9-18)27(23,24)14-26(2,21)22/h3,15-17H,4-14H2,1-2H3/t15-,16+,17?. The van der Waals surface area contributed by atoms with Crippen LogP contribution in [0.3, 0.4) is 0 Å². The lowest BCUT2D eigenvalue weighted by Crippen LogP contribution is -2.53. The van der Waals surface area contributed by atoms with Crippen molar-refractivity contribution in [3.63, 3.8) is 0 Å². The number of fused-ring (bicyclic) bond motifs is 2. The molecule has 3 aliphatic rings. The Morgan fingerprint density at radius 1 is 1.00 bits per heavy atom. The third-order valence-corrected chi connectivity index (χ3v) is 10.0. The Labute approximate surface area is 163 Å². The summed E-state index contributed by atoms with van der Waals surface area (Å²) in [6.45, 7) is 3.56. The summed E-state index contributed by atoms with van der Waals surface area (Å²) < 4.78 is 54.2. The van der Waals surface area contributed by atoms with Crippen molar-refractivity contribution < 1.29 is 21.6 Å². The van der Waals surface area contributed by atoms with E-state index in [0.29, 0.717) is 38.3 Å². The molecule has 3 atom stereocenters. The van der Waals surface area contributed by atoms with Gasteiger partial charge in [-0.05, 0) is 32.1 Å². The van der Waals surface area contributed by atoms with Gasteiger partial charge in [-0.1, -0.05) is 0 Å². The van der Waals surface area contributed by atoms with Gasteiger partial charge in [0.15, 0.2) is 14.9 Å². The zero-order valence-corrected chi connectivity index (χ0v) is 17.9. The van der Waals surface area contributed by atoms with Gasteiger partial charge in [-0.2, -0.15) is 4.31 Å². The maximum atomic E-state index is 12.2. The smallest absolute Gasteiger partial charge is 0.228 e. The van der Waals surface area contributed by atoms with Crippen molar-refractivity contribution in [1.29, 1.82) is 0 Å². The molecular formula is C17H32N3O5S2. The molecule has 8 nitrogen and oxygen atoms in total. The first kappa shape index (κ1) is 21.4. The topological polar surface area (TPSA) is 87.2 Å². The summed E-state index contributed by atoms with van der Waals surface area (Å²) in [5.41, 5.74) is 0. The van der Waals surface area contributed by atoms with E-state index in [-0.39, 0.29) is 6.10 Å². The first-order valence-corrected chi connectivity index (χ1v) is 13.3. The number of nitrogens with zero attached hydrogens (tertiary/aromatic N) is 3. The largest absolute Gasteiger partial charge is 0.379 e. The van der Waals surface area contributed by atoms with Crippen molar-refractivity contribution >= 4 is 19.9 Å². The van der Waals surface area contributed by atoms with Crippen LogP contribution < -0.4 is 0 Å². The summed E-state index contributed by atoms with van der Waals surface area (Å²) in [7, 11) is -5.57. The van der Waals surface area contributed by atoms with Crippen molar-refractivity contribution in [2.45, 2.75) is 43.9 Å². The van der Waals surface area contributed by atoms with Crippen LogP contribution in [0.5, 0.6) is 0 Å². The Kier molecular flexibility index (Phi) is 6.85. The van der Waals surface area contributed by atoms with Crippen molar-refractivity contribution in [3.8, 4) is 0 Å². The fourth-order valence-corrected chi connectivity index (χ4v) is 8.05. The molecule has 3 fully saturated rings. The van der Waals surface area contributed by atoms with Gasteiger partial charge in [0.05, 0.1) is 6.10 Å². The van der Waals surface area contributed by atoms with E-state index in [0.717, 1.165) is 19.3 Å². The van der Waals surface area contributed by atoms with Crippen LogP contribution in [0.1, 0.15) is 25.7 Å². The number of ether oxygens (including phenoxy) is 1. The van der Waals surface area contributed by atoms with Gasteiger partial charge in [0.25, 0.3) is 0 Å². The first-order valence-electron chi connectivity index (χ1n) is 9.66. The molecule has 3 saturated heterocycles. The average molecular weight is 423 g/mol. The van der Waals surface area contributed by atoms with Crippen LogP contribution >= 0.6 is 0 Å². The van der Waals surface area contributed by atoms with Crippen molar-refractivity contribution in [1.82, 2.24) is 14.1 Å². The molecule has 0 N–H and O–H groups in total. The zero-order valence-electron chi connectivity index (χ0n) is 16.3. The molecule has 1 radical (unpaired) electrons. The normalized spacial score (nSPS) is 29.9. The molecule has 3 rings (SSSR count). The minimum absolute atomic E-state index is 0.102. The van der Waals surface area contributed by atoms with Gasteiger partial charge >= 0.3 is 0 Å². The first-order chi connectivity index (χ1) is 12.7. The van der Waals surface area contributed by atoms with Gasteiger partial charge in [0.2, 0.25) is 10.0 Å². The van der Waals surface area contributed by atoms with Gasteiger partial charge in [-0.25, -0.2) is 16.8 Å². The number of piperidine rings is 1. The van der Waals surface area contributed by atoms with Gasteiger partial charge in [0, 0.05) is 64.7 Å². The summed E-state index contributed by atoms with van der Waals surface area (Å²) in [5, 5.41) is -0.810. The molecule has 0 aliphatic carbocycles. The van der Waals surface area contributed by atoms with Crippen molar-refractivity contribution in [2.24, 2.45) is 0 Å². The molecular weight excluding hydrogens is 390 g/mol. The summed E-state index contributed by atoms with van der Waals surface area (Å²) >= 11 is 0. The molecule has 27 heavy (non-hydrogen) atoms. The predicted molar refractivity (Wildman–Crippen MR) is 104 cm³/mol. The van der Waals surface area contributed by atoms with Crippen LogP contribution in [0.2, 0.25) is 0 Å². The van der Waals surface area contributed by atoms with Crippen LogP contribution in [0.4, 0.5) is 0 Å². The van der Waals surface area contributed by atoms with E-state index < -0.39 is 24.9 Å². The van der Waals surface area contributed by atoms with Crippen molar-refractivity contribution in [3.05, 3.63) is 6.42 Å². The maximum Gasteiger partial charge on any atom is 0.228 e. The fourth-order valence-electron chi connectivity index (χ4n) is 4.57. The SMILES string of the molecule is COC(CN1CCN(S(=O)(=O)CS(C)(=O)=O)CC1)CN1[C@@H]2C[CH]C[C@H]1CC2. The van der Waals surface area contributed by atoms with Crippen LogP contribution in [-0.2, 0) is 24.6 Å². The Morgan fingerprint density at radius 2 is 1.59 bits per heavy atom. The lowest BCUT2D eigenvalue weighted by molar-refractivity contribution is 0.0111. The van der Waals surface area contributed by atoms with Crippen LogP contribution in [0.15, 0.2) is 0 Å². The maximum absolute atomic E-state index is 12.2. The van der Waals surface area contributed by atoms with E-state index in [9.17, 15) is 16.8 Å². The molecule has 3 aliphatic heterocycles. The van der Waals surface area contributed by atoms with Gasteiger partial charge < -0.3 is 4.74 Å². The highest BCUT2D eigenvalue weighted by Gasteiger charge is 2.38. The molecule has 0 aromatic heterocycles. The van der Waals surface area contributed by atoms with E-state index in [1.165, 1.54) is 30.0 Å². The van der Waals surface area contributed by atoms with E-state index in [1.54, 1.807) is 7.11 Å². The van der Waals surface area contributed by atoms with E-state index in [1.807, 2.05) is 0 Å². The third-order valence-electron chi connectivity index (χ3n) is 5.95. The quantitative estimate of drug-likeness (QED) is 0.534. The van der Waals surface area contributed by atoms with Crippen LogP contribution in [0.25, 0.3) is 0 Å². The second-order valence-corrected chi connectivity index (χ2v) is 12.5. The number of hydrogen-bond acceptors (Lipinski definition) is 7. The fraction of sp³-hybridized carbons (Fsp3) is 0.941. The molecule has 0 aromatic rings. The number of sulfone groups is 1. The molecule has 1 unspecified atom stereocenters. The summed E-state index contributed by atoms with van der Waals surface area (Å²) in [6, 6.07) is 1.30. The zero-order chi connectivity index (χ0) is 19.7. The van der Waals surface area contributed by atoms with Gasteiger partial charge in [0.1, 0.15) is 0 Å². The second-order valence-electron chi connectivity index (χ2n) is 8.05. The van der Waals surface area contributed by atoms with E-state index in [2.05, 4.69) is 16.2 Å². The third kappa shape index (κ3) is 5.63. The number of rotatable bonds is 8. The Morgan fingerprint density at radius 3 is 2.11 bits per heavy atom. The number of piperazine rings is 1. The molecule has 10 heteroatoms. The molecule has 3 heterocycles. The lowest BCUT2D eigenvalue weighted by Gasteiger charge is -2.39. The van der Waals surface area contributed by atoms with E-state index >= 15 is 0 Å². The Balaban J connectivity index is 1.49. The Hall–Kier alpha value is -0.260. The molecule has 0 saturated carbocycles. The van der Waals surface area contributed by atoms with E-state index in [4.69, 9.17) is 4.74 Å². The molecule has 2 bridgehead atoms. The van der Waals surface area contributed by atoms with Gasteiger partial charge in [-0.15, -0.1) is 0 Å². The second kappa shape index (κ2) is 8.62. The lowest BCUT2D eigenvalue weighted by atomic mass is 10.0. The van der Waals surface area contributed by atoms with Gasteiger partial charge in [-0.3, -0.25) is 9.80 Å². The molecule has 0 amide bonds. The highest BCUT2D eigenvalue weighted by Crippen LogP contribution is 2.35. The minimum Gasteiger partial charge on any atom is -0.379 e. The monoisotopic (exact) mass is 422 g/mol. The number of methoxy groups -OCH3 is 1. The molecule has 0 aromatic carbocycles. The Bertz CT molecular complexity index is 688. The summed E-state index contributed by atoms with van der Waals surface area (Å²) in [6.07, 6.45) is 8.36. The van der Waals surface area contributed by atoms with Crippen LogP contribution in [0, 0.1) is 6.42 Å². The van der Waals surface area contributed by atoms with Crippen LogP contribution in [-0.4, -0.2) is 107 Å². The predicted octanol–water partition coefficient (Wildman–Crippen LogP) is -0.218. The average Bonchev–Trinajstić information content (AvgIpc) is 2.79. The minimum atomic E-state index is -3.75. The number of sulfonamides is 1. The molecule has 0 spiro atoms. The summed E-state index contributed by atoms with van der Waals surface area (Å²) in [4.78, 5) is 4.82. The number of hydrogen-bond donors (Lipinski definition) is 0. The highest BCUT2D eigenvalue weighted by molar-refractivity contribution is 8.06. The molecule has 157 valence electrons.